The number of nitrogens with two attached hydrogens (primary N) is 1. The summed E-state index contributed by atoms with van der Waals surface area (Å²) in [6, 6.07) is 17.4. The van der Waals surface area contributed by atoms with Crippen LogP contribution in [0.1, 0.15) is 27.1 Å². The van der Waals surface area contributed by atoms with Crippen LogP contribution < -0.4 is 5.73 Å². The fourth-order valence-corrected chi connectivity index (χ4v) is 2.86. The summed E-state index contributed by atoms with van der Waals surface area (Å²) in [4.78, 5) is 30.4. The normalized spacial score (nSPS) is 17.5. The number of carbonyl (C=O) groups excluding carboxylic acids is 2. The molecule has 0 aliphatic carbocycles. The molecule has 2 unspecified atom stereocenters. The Morgan fingerprint density at radius 3 is 2.12 bits per heavy atom. The van der Waals surface area contributed by atoms with Crippen LogP contribution in [0.4, 0.5) is 0 Å². The SMILES string of the molecule is N=C1ON=C(N)C1C(CC(=O)c1ccccc1)C(=O)c1ccccc1. The van der Waals surface area contributed by atoms with Crippen molar-refractivity contribution in [3.05, 3.63) is 71.8 Å². The summed E-state index contributed by atoms with van der Waals surface area (Å²) in [5.41, 5.74) is 6.79. The fraction of sp³-hybridized carbons (Fsp3) is 0.158. The van der Waals surface area contributed by atoms with Crippen LogP contribution in [0.3, 0.4) is 0 Å². The molecule has 0 fully saturated rings. The summed E-state index contributed by atoms with van der Waals surface area (Å²) in [6.45, 7) is 0. The van der Waals surface area contributed by atoms with E-state index in [0.29, 0.717) is 11.1 Å². The standard InChI is InChI=1S/C19H17N3O3/c20-18-16(19(21)25-22-18)14(17(24)13-9-5-2-6-10-13)11-15(23)12-7-3-1-4-8-12/h1-10,14,16,21H,11H2,(H2,20,22). The van der Waals surface area contributed by atoms with E-state index in [-0.39, 0.29) is 29.7 Å². The van der Waals surface area contributed by atoms with Gasteiger partial charge in [-0.05, 0) is 0 Å². The lowest BCUT2D eigenvalue weighted by Gasteiger charge is -2.20. The van der Waals surface area contributed by atoms with Crippen LogP contribution in [-0.2, 0) is 4.84 Å². The van der Waals surface area contributed by atoms with Gasteiger partial charge in [0.1, 0.15) is 5.92 Å². The second-order valence-electron chi connectivity index (χ2n) is 5.78. The Bertz CT molecular complexity index is 832. The summed E-state index contributed by atoms with van der Waals surface area (Å²) in [7, 11) is 0. The first-order valence-corrected chi connectivity index (χ1v) is 7.84. The minimum Gasteiger partial charge on any atom is -0.384 e. The third-order valence-electron chi connectivity index (χ3n) is 4.15. The molecule has 3 N–H and O–H groups in total. The Kier molecular flexibility index (Phi) is 4.70. The van der Waals surface area contributed by atoms with E-state index in [9.17, 15) is 9.59 Å². The lowest BCUT2D eigenvalue weighted by Crippen LogP contribution is -2.37. The van der Waals surface area contributed by atoms with Crippen molar-refractivity contribution in [3.63, 3.8) is 0 Å². The van der Waals surface area contributed by atoms with Crippen molar-refractivity contribution < 1.29 is 14.4 Å². The Hall–Kier alpha value is -3.28. The van der Waals surface area contributed by atoms with Crippen LogP contribution in [0.2, 0.25) is 0 Å². The molecule has 3 rings (SSSR count). The third-order valence-corrected chi connectivity index (χ3v) is 4.15. The molecule has 2 aromatic rings. The monoisotopic (exact) mass is 335 g/mol. The summed E-state index contributed by atoms with van der Waals surface area (Å²) < 4.78 is 0. The average Bonchev–Trinajstić information content (AvgIpc) is 2.99. The van der Waals surface area contributed by atoms with E-state index >= 15 is 0 Å². The van der Waals surface area contributed by atoms with Gasteiger partial charge in [-0.25, -0.2) is 0 Å². The predicted octanol–water partition coefficient (Wildman–Crippen LogP) is 2.65. The molecule has 0 aromatic heterocycles. The molecule has 0 bridgehead atoms. The first-order valence-electron chi connectivity index (χ1n) is 7.84. The quantitative estimate of drug-likeness (QED) is 0.792. The minimum atomic E-state index is -0.839. The van der Waals surface area contributed by atoms with Gasteiger partial charge < -0.3 is 10.6 Å². The molecule has 2 atom stereocenters. The number of benzene rings is 2. The van der Waals surface area contributed by atoms with Crippen molar-refractivity contribution in [1.29, 1.82) is 5.41 Å². The highest BCUT2D eigenvalue weighted by Crippen LogP contribution is 2.28. The molecule has 1 aliphatic rings. The van der Waals surface area contributed by atoms with Gasteiger partial charge in [-0.1, -0.05) is 65.8 Å². The van der Waals surface area contributed by atoms with Gasteiger partial charge in [0.15, 0.2) is 17.4 Å². The van der Waals surface area contributed by atoms with Crippen molar-refractivity contribution in [2.45, 2.75) is 6.42 Å². The highest BCUT2D eigenvalue weighted by Gasteiger charge is 2.41. The van der Waals surface area contributed by atoms with Crippen LogP contribution in [-0.4, -0.2) is 23.3 Å². The first kappa shape index (κ1) is 16.6. The number of carbonyl (C=O) groups is 2. The van der Waals surface area contributed by atoms with Crippen LogP contribution in [0, 0.1) is 17.2 Å². The van der Waals surface area contributed by atoms with Crippen molar-refractivity contribution in [1.82, 2.24) is 0 Å². The van der Waals surface area contributed by atoms with E-state index in [1.54, 1.807) is 54.6 Å². The number of oxime groups is 1. The molecule has 1 aliphatic heterocycles. The van der Waals surface area contributed by atoms with Crippen molar-refractivity contribution >= 4 is 23.3 Å². The van der Waals surface area contributed by atoms with Gasteiger partial charge in [-0.15, -0.1) is 0 Å². The lowest BCUT2D eigenvalue weighted by molar-refractivity contribution is 0.0840. The second kappa shape index (κ2) is 7.09. The van der Waals surface area contributed by atoms with E-state index in [4.69, 9.17) is 16.0 Å². The van der Waals surface area contributed by atoms with Crippen LogP contribution in [0.25, 0.3) is 0 Å². The van der Waals surface area contributed by atoms with E-state index in [2.05, 4.69) is 5.16 Å². The molecule has 6 heteroatoms. The van der Waals surface area contributed by atoms with Gasteiger partial charge in [0.2, 0.25) is 5.90 Å². The van der Waals surface area contributed by atoms with Crippen molar-refractivity contribution in [3.8, 4) is 0 Å². The van der Waals surface area contributed by atoms with Gasteiger partial charge in [-0.3, -0.25) is 15.0 Å². The van der Waals surface area contributed by atoms with E-state index < -0.39 is 11.8 Å². The highest BCUT2D eigenvalue weighted by atomic mass is 16.6. The van der Waals surface area contributed by atoms with Gasteiger partial charge in [0, 0.05) is 23.5 Å². The maximum Gasteiger partial charge on any atom is 0.229 e. The molecular weight excluding hydrogens is 318 g/mol. The summed E-state index contributed by atoms with van der Waals surface area (Å²) in [5.74, 6) is -2.30. The number of rotatable bonds is 6. The number of hydrogen-bond donors (Lipinski definition) is 2. The second-order valence-corrected chi connectivity index (χ2v) is 5.78. The highest BCUT2D eigenvalue weighted by molar-refractivity contribution is 6.12. The maximum absolute atomic E-state index is 13.0. The van der Waals surface area contributed by atoms with E-state index in [1.165, 1.54) is 0 Å². The molecule has 0 spiro atoms. The van der Waals surface area contributed by atoms with Crippen LogP contribution in [0.5, 0.6) is 0 Å². The Balaban J connectivity index is 1.92. The number of nitrogens with zero attached hydrogens (tertiary/aromatic N) is 1. The van der Waals surface area contributed by atoms with Gasteiger partial charge in [-0.2, -0.15) is 0 Å². The van der Waals surface area contributed by atoms with Gasteiger partial charge >= 0.3 is 0 Å². The number of Topliss-reactive ketones (excluding diaryl/α,β-unsaturated/α-hetero) is 2. The minimum absolute atomic E-state index is 0.0418. The first-order chi connectivity index (χ1) is 12.1. The Morgan fingerprint density at radius 2 is 1.60 bits per heavy atom. The van der Waals surface area contributed by atoms with Crippen molar-refractivity contribution in [2.24, 2.45) is 22.7 Å². The summed E-state index contributed by atoms with van der Waals surface area (Å²) in [5, 5.41) is 11.5. The molecule has 126 valence electrons. The summed E-state index contributed by atoms with van der Waals surface area (Å²) in [6.07, 6.45) is -0.0790. The molecule has 25 heavy (non-hydrogen) atoms. The zero-order valence-corrected chi connectivity index (χ0v) is 13.4. The molecular formula is C19H17N3O3. The number of hydrogen-bond acceptors (Lipinski definition) is 6. The Labute approximate surface area is 144 Å². The fourth-order valence-electron chi connectivity index (χ4n) is 2.86. The largest absolute Gasteiger partial charge is 0.384 e. The molecule has 2 aromatic carbocycles. The molecule has 1 heterocycles. The van der Waals surface area contributed by atoms with Gasteiger partial charge in [0.25, 0.3) is 0 Å². The zero-order valence-electron chi connectivity index (χ0n) is 13.4. The Morgan fingerprint density at radius 1 is 1.04 bits per heavy atom. The van der Waals surface area contributed by atoms with E-state index in [0.717, 1.165) is 0 Å². The molecule has 0 saturated heterocycles. The molecule has 0 amide bonds. The number of amidine groups is 1. The topological polar surface area (TPSA) is 106 Å². The van der Waals surface area contributed by atoms with Gasteiger partial charge in [0.05, 0.1) is 0 Å². The van der Waals surface area contributed by atoms with E-state index in [1.807, 2.05) is 6.07 Å². The van der Waals surface area contributed by atoms with Crippen molar-refractivity contribution in [2.75, 3.05) is 0 Å². The zero-order chi connectivity index (χ0) is 17.8. The smallest absolute Gasteiger partial charge is 0.229 e. The third kappa shape index (κ3) is 3.47. The molecule has 0 saturated carbocycles. The average molecular weight is 335 g/mol. The molecule has 6 nitrogen and oxygen atoms in total. The molecule has 0 radical (unpaired) electrons. The lowest BCUT2D eigenvalue weighted by atomic mass is 9.80. The van der Waals surface area contributed by atoms with Crippen LogP contribution >= 0.6 is 0 Å². The predicted molar refractivity (Wildman–Crippen MR) is 93.6 cm³/mol. The number of nitrogens with one attached hydrogen (secondary N) is 1. The number of ketones is 2. The maximum atomic E-state index is 13.0. The van der Waals surface area contributed by atoms with Crippen LogP contribution in [0.15, 0.2) is 65.8 Å². The summed E-state index contributed by atoms with van der Waals surface area (Å²) >= 11 is 0.